The molecule has 1 fully saturated rings. The van der Waals surface area contributed by atoms with Gasteiger partial charge in [-0.25, -0.2) is 4.79 Å². The van der Waals surface area contributed by atoms with Crippen LogP contribution in [-0.2, 0) is 16.0 Å². The van der Waals surface area contributed by atoms with Gasteiger partial charge in [-0.15, -0.1) is 12.3 Å². The van der Waals surface area contributed by atoms with Gasteiger partial charge in [-0.05, 0) is 11.6 Å². The summed E-state index contributed by atoms with van der Waals surface area (Å²) in [5, 5.41) is 9.31. The maximum atomic E-state index is 11.8. The average Bonchev–Trinajstić information content (AvgIpc) is 2.78. The number of aromatic nitrogens is 1. The van der Waals surface area contributed by atoms with E-state index in [2.05, 4.69) is 10.9 Å². The molecule has 0 aliphatic carbocycles. The second-order valence-corrected chi connectivity index (χ2v) is 4.53. The quantitative estimate of drug-likeness (QED) is 0.801. The molecule has 1 aromatic rings. The summed E-state index contributed by atoms with van der Waals surface area (Å²) in [4.78, 5) is 28.5. The van der Waals surface area contributed by atoms with Crippen molar-refractivity contribution < 1.29 is 14.7 Å². The van der Waals surface area contributed by atoms with Crippen LogP contribution in [0.15, 0.2) is 24.5 Å². The van der Waals surface area contributed by atoms with Crippen molar-refractivity contribution in [3.8, 4) is 12.3 Å². The molecule has 0 spiro atoms. The molecule has 1 aliphatic heterocycles. The summed E-state index contributed by atoms with van der Waals surface area (Å²) in [7, 11) is 0. The monoisotopic (exact) mass is 258 g/mol. The maximum Gasteiger partial charge on any atom is 0.326 e. The van der Waals surface area contributed by atoms with Gasteiger partial charge in [0, 0.05) is 37.7 Å². The van der Waals surface area contributed by atoms with E-state index in [1.807, 2.05) is 0 Å². The fourth-order valence-electron chi connectivity index (χ4n) is 2.22. The lowest BCUT2D eigenvalue weighted by molar-refractivity contribution is -0.148. The number of carboxylic acid groups (broad SMARTS) is 1. The van der Waals surface area contributed by atoms with Gasteiger partial charge >= 0.3 is 5.97 Å². The summed E-state index contributed by atoms with van der Waals surface area (Å²) in [5.41, 5.74) is 0.784. The minimum Gasteiger partial charge on any atom is -0.480 e. The van der Waals surface area contributed by atoms with Crippen LogP contribution >= 0.6 is 0 Å². The van der Waals surface area contributed by atoms with E-state index in [0.29, 0.717) is 6.54 Å². The Bertz CT molecular complexity index is 521. The number of carbonyl (C=O) groups is 2. The molecule has 1 saturated heterocycles. The number of likely N-dealkylation sites (tertiary alicyclic amines) is 1. The third kappa shape index (κ3) is 2.91. The number of pyridine rings is 1. The van der Waals surface area contributed by atoms with Gasteiger partial charge in [-0.3, -0.25) is 9.78 Å². The number of hydrogen-bond donors (Lipinski definition) is 1. The predicted molar refractivity (Wildman–Crippen MR) is 68.0 cm³/mol. The van der Waals surface area contributed by atoms with Crippen LogP contribution in [0.3, 0.4) is 0 Å². The summed E-state index contributed by atoms with van der Waals surface area (Å²) in [5.74, 6) is 1.11. The number of aliphatic carboxylic acids is 1. The summed E-state index contributed by atoms with van der Waals surface area (Å²) >= 11 is 0. The number of carbonyl (C=O) groups excluding carboxylic acids is 1. The van der Waals surface area contributed by atoms with Crippen molar-refractivity contribution in [3.05, 3.63) is 30.1 Å². The van der Waals surface area contributed by atoms with Crippen molar-refractivity contribution in [1.82, 2.24) is 9.88 Å². The van der Waals surface area contributed by atoms with Crippen molar-refractivity contribution in [1.29, 1.82) is 0 Å². The van der Waals surface area contributed by atoms with E-state index < -0.39 is 12.0 Å². The molecule has 5 heteroatoms. The Morgan fingerprint density at radius 2 is 2.47 bits per heavy atom. The molecule has 1 N–H and O–H groups in total. The van der Waals surface area contributed by atoms with Crippen LogP contribution in [0, 0.1) is 18.3 Å². The molecule has 5 nitrogen and oxygen atoms in total. The van der Waals surface area contributed by atoms with Gasteiger partial charge in [-0.1, -0.05) is 6.07 Å². The summed E-state index contributed by atoms with van der Waals surface area (Å²) < 4.78 is 0. The zero-order valence-corrected chi connectivity index (χ0v) is 10.3. The lowest BCUT2D eigenvalue weighted by Gasteiger charge is -2.24. The Labute approximate surface area is 111 Å². The first-order valence-electron chi connectivity index (χ1n) is 5.99. The molecule has 1 aliphatic rings. The van der Waals surface area contributed by atoms with E-state index in [9.17, 15) is 14.7 Å². The smallest absolute Gasteiger partial charge is 0.326 e. The summed E-state index contributed by atoms with van der Waals surface area (Å²) in [6.45, 7) is 0.312. The molecule has 2 rings (SSSR count). The van der Waals surface area contributed by atoms with Crippen molar-refractivity contribution in [2.45, 2.75) is 18.9 Å². The van der Waals surface area contributed by atoms with E-state index in [-0.39, 0.29) is 24.7 Å². The van der Waals surface area contributed by atoms with E-state index in [4.69, 9.17) is 6.42 Å². The van der Waals surface area contributed by atoms with Gasteiger partial charge in [0.25, 0.3) is 0 Å². The maximum absolute atomic E-state index is 11.8. The molecular formula is C14H14N2O3. The fourth-order valence-corrected chi connectivity index (χ4v) is 2.22. The van der Waals surface area contributed by atoms with Crippen LogP contribution in [-0.4, -0.2) is 39.5 Å². The minimum atomic E-state index is -1.02. The molecule has 0 aromatic carbocycles. The highest BCUT2D eigenvalue weighted by molar-refractivity contribution is 5.85. The van der Waals surface area contributed by atoms with E-state index in [1.54, 1.807) is 24.5 Å². The van der Waals surface area contributed by atoms with E-state index >= 15 is 0 Å². The number of terminal acetylenes is 1. The van der Waals surface area contributed by atoms with Crippen LogP contribution < -0.4 is 0 Å². The first kappa shape index (κ1) is 13.1. The summed E-state index contributed by atoms with van der Waals surface area (Å²) in [6.07, 6.45) is 9.00. The largest absolute Gasteiger partial charge is 0.480 e. The first-order chi connectivity index (χ1) is 9.11. The summed E-state index contributed by atoms with van der Waals surface area (Å²) in [6, 6.07) is 2.65. The van der Waals surface area contributed by atoms with Gasteiger partial charge < -0.3 is 10.0 Å². The molecule has 0 bridgehead atoms. The third-order valence-electron chi connectivity index (χ3n) is 3.21. The molecule has 2 atom stereocenters. The fraction of sp³-hybridized carbons (Fsp3) is 0.357. The number of rotatable bonds is 4. The van der Waals surface area contributed by atoms with Gasteiger partial charge in [0.05, 0.1) is 0 Å². The lowest BCUT2D eigenvalue weighted by Crippen LogP contribution is -2.43. The van der Waals surface area contributed by atoms with Gasteiger partial charge in [0.1, 0.15) is 6.04 Å². The van der Waals surface area contributed by atoms with Crippen LogP contribution in [0.1, 0.15) is 12.0 Å². The molecule has 19 heavy (non-hydrogen) atoms. The van der Waals surface area contributed by atoms with Crippen molar-refractivity contribution >= 4 is 11.9 Å². The highest BCUT2D eigenvalue weighted by Crippen LogP contribution is 2.21. The number of carboxylic acids is 1. The van der Waals surface area contributed by atoms with Gasteiger partial charge in [-0.2, -0.15) is 0 Å². The number of amides is 1. The Morgan fingerprint density at radius 3 is 3.00 bits per heavy atom. The molecule has 1 amide bonds. The lowest BCUT2D eigenvalue weighted by atomic mass is 10.1. The zero-order chi connectivity index (χ0) is 13.8. The molecule has 2 heterocycles. The van der Waals surface area contributed by atoms with Crippen molar-refractivity contribution in [2.75, 3.05) is 6.54 Å². The van der Waals surface area contributed by atoms with Gasteiger partial charge in [0.2, 0.25) is 5.91 Å². The second-order valence-electron chi connectivity index (χ2n) is 4.53. The van der Waals surface area contributed by atoms with Crippen LogP contribution in [0.25, 0.3) is 0 Å². The SMILES string of the molecule is C#CC1CC(=O)N(C(Cc2cccnc2)C(=O)O)C1. The Morgan fingerprint density at radius 1 is 1.68 bits per heavy atom. The number of hydrogen-bond acceptors (Lipinski definition) is 3. The van der Waals surface area contributed by atoms with Crippen molar-refractivity contribution in [3.63, 3.8) is 0 Å². The Kier molecular flexibility index (Phi) is 3.81. The Balaban J connectivity index is 2.15. The normalized spacial score (nSPS) is 20.1. The highest BCUT2D eigenvalue weighted by atomic mass is 16.4. The zero-order valence-electron chi connectivity index (χ0n) is 10.3. The topological polar surface area (TPSA) is 70.5 Å². The van der Waals surface area contributed by atoms with Gasteiger partial charge in [0.15, 0.2) is 0 Å². The van der Waals surface area contributed by atoms with E-state index in [1.165, 1.54) is 4.90 Å². The molecular weight excluding hydrogens is 244 g/mol. The molecule has 98 valence electrons. The number of nitrogens with zero attached hydrogens (tertiary/aromatic N) is 2. The van der Waals surface area contributed by atoms with Crippen LogP contribution in [0.2, 0.25) is 0 Å². The predicted octanol–water partition coefficient (Wildman–Crippen LogP) is 0.559. The molecule has 0 radical (unpaired) electrons. The van der Waals surface area contributed by atoms with Crippen molar-refractivity contribution in [2.24, 2.45) is 5.92 Å². The standard InChI is InChI=1S/C14H14N2O3/c1-2-10-7-13(17)16(9-10)12(14(18)19)6-11-4-3-5-15-8-11/h1,3-5,8,10,12H,6-7,9H2,(H,18,19). The average molecular weight is 258 g/mol. The van der Waals surface area contributed by atoms with Crippen LogP contribution in [0.4, 0.5) is 0 Å². The van der Waals surface area contributed by atoms with Crippen LogP contribution in [0.5, 0.6) is 0 Å². The molecule has 2 unspecified atom stereocenters. The molecule has 1 aromatic heterocycles. The highest BCUT2D eigenvalue weighted by Gasteiger charge is 2.36. The Hall–Kier alpha value is -2.35. The van der Waals surface area contributed by atoms with E-state index in [0.717, 1.165) is 5.56 Å². The molecule has 0 saturated carbocycles. The second kappa shape index (κ2) is 5.53. The minimum absolute atomic E-state index is 0.191. The first-order valence-corrected chi connectivity index (χ1v) is 5.99. The third-order valence-corrected chi connectivity index (χ3v) is 3.21.